The van der Waals surface area contributed by atoms with Crippen molar-refractivity contribution in [3.05, 3.63) is 23.9 Å². The Morgan fingerprint density at radius 1 is 1.38 bits per heavy atom. The van der Waals surface area contributed by atoms with E-state index in [0.29, 0.717) is 0 Å². The Kier molecular flexibility index (Phi) is 3.44. The summed E-state index contributed by atoms with van der Waals surface area (Å²) in [5.74, 6) is 0.908. The average molecular weight is 220 g/mol. The summed E-state index contributed by atoms with van der Waals surface area (Å²) in [6, 6.07) is 4.05. The Bertz CT molecular complexity index is 328. The van der Waals surface area contributed by atoms with E-state index in [1.54, 1.807) is 0 Å². The first kappa shape index (κ1) is 11.4. The molecular formula is C13H20N2O. The number of nitrogens with zero attached hydrogens (tertiary/aromatic N) is 1. The predicted molar refractivity (Wildman–Crippen MR) is 65.5 cm³/mol. The van der Waals surface area contributed by atoms with Crippen molar-refractivity contribution in [2.24, 2.45) is 5.41 Å². The van der Waals surface area contributed by atoms with Crippen molar-refractivity contribution in [1.29, 1.82) is 0 Å². The van der Waals surface area contributed by atoms with Crippen molar-refractivity contribution in [2.75, 3.05) is 18.5 Å². The third-order valence-corrected chi connectivity index (χ3v) is 3.56. The molecule has 1 aliphatic carbocycles. The van der Waals surface area contributed by atoms with Gasteiger partial charge in [-0.2, -0.15) is 0 Å². The standard InChI is InChI=1S/C13H20N2O/c1-11-4-5-12(14-8-11)15-9-13(10-16)6-2-3-7-13/h4-5,8,16H,2-3,6-7,9-10H2,1H3,(H,14,15). The van der Waals surface area contributed by atoms with E-state index in [1.165, 1.54) is 18.4 Å². The first-order valence-electron chi connectivity index (χ1n) is 6.02. The molecule has 3 heteroatoms. The molecule has 3 nitrogen and oxygen atoms in total. The number of aromatic nitrogens is 1. The summed E-state index contributed by atoms with van der Waals surface area (Å²) in [7, 11) is 0. The fourth-order valence-corrected chi connectivity index (χ4v) is 2.37. The van der Waals surface area contributed by atoms with Crippen molar-refractivity contribution < 1.29 is 5.11 Å². The van der Waals surface area contributed by atoms with Gasteiger partial charge in [0.1, 0.15) is 5.82 Å². The SMILES string of the molecule is Cc1ccc(NCC2(CO)CCCC2)nc1. The van der Waals surface area contributed by atoms with Crippen LogP contribution in [0.25, 0.3) is 0 Å². The molecule has 1 fully saturated rings. The smallest absolute Gasteiger partial charge is 0.125 e. The molecule has 0 aliphatic heterocycles. The van der Waals surface area contributed by atoms with E-state index in [9.17, 15) is 5.11 Å². The fraction of sp³-hybridized carbons (Fsp3) is 0.615. The van der Waals surface area contributed by atoms with Crippen LogP contribution in [0.15, 0.2) is 18.3 Å². The summed E-state index contributed by atoms with van der Waals surface area (Å²) < 4.78 is 0. The largest absolute Gasteiger partial charge is 0.396 e. The maximum atomic E-state index is 9.48. The van der Waals surface area contributed by atoms with Crippen molar-refractivity contribution in [3.63, 3.8) is 0 Å². The van der Waals surface area contributed by atoms with Gasteiger partial charge in [0.25, 0.3) is 0 Å². The number of nitrogens with one attached hydrogen (secondary N) is 1. The van der Waals surface area contributed by atoms with Gasteiger partial charge >= 0.3 is 0 Å². The summed E-state index contributed by atoms with van der Waals surface area (Å²) in [6.45, 7) is 3.15. The number of hydrogen-bond acceptors (Lipinski definition) is 3. The zero-order chi connectivity index (χ0) is 11.4. The highest BCUT2D eigenvalue weighted by Crippen LogP contribution is 2.37. The number of rotatable bonds is 4. The van der Waals surface area contributed by atoms with Crippen molar-refractivity contribution >= 4 is 5.82 Å². The molecule has 0 amide bonds. The number of pyridine rings is 1. The molecule has 1 aromatic rings. The van der Waals surface area contributed by atoms with Gasteiger partial charge in [0, 0.05) is 18.2 Å². The van der Waals surface area contributed by atoms with Gasteiger partial charge in [-0.15, -0.1) is 0 Å². The Hall–Kier alpha value is -1.09. The zero-order valence-corrected chi connectivity index (χ0v) is 9.87. The van der Waals surface area contributed by atoms with Gasteiger partial charge in [-0.05, 0) is 31.4 Å². The minimum atomic E-state index is 0.0898. The highest BCUT2D eigenvalue weighted by Gasteiger charge is 2.32. The molecule has 1 aromatic heterocycles. The van der Waals surface area contributed by atoms with Crippen LogP contribution in [0.2, 0.25) is 0 Å². The molecule has 1 aliphatic rings. The fourth-order valence-electron chi connectivity index (χ4n) is 2.37. The molecule has 1 heterocycles. The number of aliphatic hydroxyl groups excluding tert-OH is 1. The van der Waals surface area contributed by atoms with Gasteiger partial charge in [-0.25, -0.2) is 4.98 Å². The van der Waals surface area contributed by atoms with E-state index in [2.05, 4.69) is 16.4 Å². The van der Waals surface area contributed by atoms with Gasteiger partial charge in [0.05, 0.1) is 6.61 Å². The van der Waals surface area contributed by atoms with E-state index < -0.39 is 0 Å². The summed E-state index contributed by atoms with van der Waals surface area (Å²) in [5, 5.41) is 12.8. The highest BCUT2D eigenvalue weighted by atomic mass is 16.3. The Labute approximate surface area is 96.9 Å². The van der Waals surface area contributed by atoms with Crippen LogP contribution in [0, 0.1) is 12.3 Å². The van der Waals surface area contributed by atoms with Crippen LogP contribution in [0.1, 0.15) is 31.2 Å². The molecule has 88 valence electrons. The van der Waals surface area contributed by atoms with Crippen molar-refractivity contribution in [2.45, 2.75) is 32.6 Å². The normalized spacial score (nSPS) is 18.6. The maximum absolute atomic E-state index is 9.48. The Morgan fingerprint density at radius 3 is 2.69 bits per heavy atom. The second-order valence-electron chi connectivity index (χ2n) is 4.94. The lowest BCUT2D eigenvalue weighted by molar-refractivity contribution is 0.142. The minimum Gasteiger partial charge on any atom is -0.396 e. The van der Waals surface area contributed by atoms with Crippen LogP contribution in [0.5, 0.6) is 0 Å². The molecule has 0 spiro atoms. The molecule has 0 saturated heterocycles. The number of anilines is 1. The van der Waals surface area contributed by atoms with Crippen LogP contribution in [-0.4, -0.2) is 23.2 Å². The summed E-state index contributed by atoms with van der Waals surface area (Å²) in [6.07, 6.45) is 6.60. The molecule has 0 radical (unpaired) electrons. The lowest BCUT2D eigenvalue weighted by Crippen LogP contribution is -2.30. The molecule has 0 unspecified atom stereocenters. The van der Waals surface area contributed by atoms with Gasteiger partial charge in [-0.3, -0.25) is 0 Å². The minimum absolute atomic E-state index is 0.0898. The van der Waals surface area contributed by atoms with Gasteiger partial charge in [-0.1, -0.05) is 18.9 Å². The van der Waals surface area contributed by atoms with Crippen molar-refractivity contribution in [1.82, 2.24) is 4.98 Å². The average Bonchev–Trinajstić information content (AvgIpc) is 2.78. The molecule has 2 rings (SSSR count). The van der Waals surface area contributed by atoms with Crippen LogP contribution >= 0.6 is 0 Å². The second-order valence-corrected chi connectivity index (χ2v) is 4.94. The predicted octanol–water partition coefficient (Wildman–Crippen LogP) is 2.35. The monoisotopic (exact) mass is 220 g/mol. The molecule has 0 aromatic carbocycles. The third-order valence-electron chi connectivity index (χ3n) is 3.56. The van der Waals surface area contributed by atoms with Gasteiger partial charge in [0.2, 0.25) is 0 Å². The maximum Gasteiger partial charge on any atom is 0.125 e. The van der Waals surface area contributed by atoms with E-state index in [-0.39, 0.29) is 12.0 Å². The number of hydrogen-bond donors (Lipinski definition) is 2. The van der Waals surface area contributed by atoms with Gasteiger partial charge in [0.15, 0.2) is 0 Å². The second kappa shape index (κ2) is 4.83. The summed E-state index contributed by atoms with van der Waals surface area (Å²) >= 11 is 0. The van der Waals surface area contributed by atoms with Crippen LogP contribution in [-0.2, 0) is 0 Å². The molecule has 16 heavy (non-hydrogen) atoms. The summed E-state index contributed by atoms with van der Waals surface area (Å²) in [5.41, 5.74) is 1.26. The van der Waals surface area contributed by atoms with E-state index >= 15 is 0 Å². The third kappa shape index (κ3) is 2.53. The van der Waals surface area contributed by atoms with E-state index in [1.807, 2.05) is 19.2 Å². The topological polar surface area (TPSA) is 45.1 Å². The van der Waals surface area contributed by atoms with E-state index in [4.69, 9.17) is 0 Å². The molecule has 0 atom stereocenters. The van der Waals surface area contributed by atoms with E-state index in [0.717, 1.165) is 25.2 Å². The van der Waals surface area contributed by atoms with Crippen LogP contribution in [0.4, 0.5) is 5.82 Å². The van der Waals surface area contributed by atoms with Crippen LogP contribution in [0.3, 0.4) is 0 Å². The highest BCUT2D eigenvalue weighted by molar-refractivity contribution is 5.35. The lowest BCUT2D eigenvalue weighted by atomic mass is 9.87. The first-order valence-corrected chi connectivity index (χ1v) is 6.02. The van der Waals surface area contributed by atoms with Crippen LogP contribution < -0.4 is 5.32 Å². The summed E-state index contributed by atoms with van der Waals surface area (Å²) in [4.78, 5) is 4.31. The first-order chi connectivity index (χ1) is 7.74. The van der Waals surface area contributed by atoms with Crippen molar-refractivity contribution in [3.8, 4) is 0 Å². The zero-order valence-electron chi connectivity index (χ0n) is 9.87. The Balaban J connectivity index is 1.93. The molecule has 1 saturated carbocycles. The number of aryl methyl sites for hydroxylation is 1. The quantitative estimate of drug-likeness (QED) is 0.818. The van der Waals surface area contributed by atoms with Gasteiger partial charge < -0.3 is 10.4 Å². The lowest BCUT2D eigenvalue weighted by Gasteiger charge is -2.26. The molecule has 0 bridgehead atoms. The molecular weight excluding hydrogens is 200 g/mol. The molecule has 2 N–H and O–H groups in total. The Morgan fingerprint density at radius 2 is 2.12 bits per heavy atom. The number of aliphatic hydroxyl groups is 1.